The minimum absolute atomic E-state index is 0.204. The third kappa shape index (κ3) is 3.79. The van der Waals surface area contributed by atoms with Crippen molar-refractivity contribution in [2.75, 3.05) is 0 Å². The Labute approximate surface area is 115 Å². The number of aryl methyl sites for hydroxylation is 1. The van der Waals surface area contributed by atoms with E-state index in [0.717, 1.165) is 42.7 Å². The van der Waals surface area contributed by atoms with E-state index in [4.69, 9.17) is 0 Å². The lowest BCUT2D eigenvalue weighted by molar-refractivity contribution is 0.0240. The molecular formula is C17H25FO. The largest absolute Gasteiger partial charge is 0.390 e. The molecule has 1 aliphatic carbocycles. The van der Waals surface area contributed by atoms with Gasteiger partial charge in [0.25, 0.3) is 0 Å². The molecule has 2 unspecified atom stereocenters. The summed E-state index contributed by atoms with van der Waals surface area (Å²) in [5, 5.41) is 10.8. The molecule has 0 aliphatic heterocycles. The summed E-state index contributed by atoms with van der Waals surface area (Å²) in [4.78, 5) is 0. The van der Waals surface area contributed by atoms with Gasteiger partial charge in [-0.05, 0) is 55.4 Å². The Kier molecular flexibility index (Phi) is 4.62. The first-order valence-electron chi connectivity index (χ1n) is 7.50. The minimum atomic E-state index is -0.636. The van der Waals surface area contributed by atoms with Gasteiger partial charge < -0.3 is 5.11 Å². The topological polar surface area (TPSA) is 20.2 Å². The van der Waals surface area contributed by atoms with Crippen LogP contribution in [0, 0.1) is 18.7 Å². The molecule has 1 nitrogen and oxygen atoms in total. The Bertz CT molecular complexity index is 429. The third-order valence-corrected chi connectivity index (χ3v) is 4.68. The van der Waals surface area contributed by atoms with Crippen molar-refractivity contribution < 1.29 is 9.50 Å². The van der Waals surface area contributed by atoms with Crippen molar-refractivity contribution in [1.29, 1.82) is 0 Å². The maximum atomic E-state index is 13.3. The fraction of sp³-hybridized carbons (Fsp3) is 0.647. The lowest BCUT2D eigenvalue weighted by Crippen LogP contribution is -2.31. The van der Waals surface area contributed by atoms with Crippen molar-refractivity contribution in [3.8, 4) is 0 Å². The molecule has 0 radical (unpaired) electrons. The van der Waals surface area contributed by atoms with Crippen LogP contribution in [0.4, 0.5) is 4.39 Å². The third-order valence-electron chi connectivity index (χ3n) is 4.68. The van der Waals surface area contributed by atoms with Crippen molar-refractivity contribution in [1.82, 2.24) is 0 Å². The smallest absolute Gasteiger partial charge is 0.123 e. The Morgan fingerprint density at radius 3 is 2.84 bits per heavy atom. The average Bonchev–Trinajstić information content (AvgIpc) is 2.56. The van der Waals surface area contributed by atoms with Crippen LogP contribution in [0.2, 0.25) is 0 Å². The average molecular weight is 264 g/mol. The number of rotatable bonds is 3. The fourth-order valence-electron chi connectivity index (χ4n) is 3.23. The molecule has 1 aliphatic rings. The van der Waals surface area contributed by atoms with Gasteiger partial charge in [0.1, 0.15) is 5.82 Å². The van der Waals surface area contributed by atoms with Gasteiger partial charge in [-0.1, -0.05) is 32.3 Å². The quantitative estimate of drug-likeness (QED) is 0.802. The molecule has 2 rings (SSSR count). The zero-order valence-corrected chi connectivity index (χ0v) is 12.1. The van der Waals surface area contributed by atoms with Crippen molar-refractivity contribution in [2.45, 2.75) is 64.4 Å². The van der Waals surface area contributed by atoms with Gasteiger partial charge in [0.2, 0.25) is 0 Å². The maximum absolute atomic E-state index is 13.3. The van der Waals surface area contributed by atoms with E-state index in [1.165, 1.54) is 18.9 Å². The van der Waals surface area contributed by atoms with Gasteiger partial charge in [-0.15, -0.1) is 0 Å². The maximum Gasteiger partial charge on any atom is 0.123 e. The van der Waals surface area contributed by atoms with Crippen molar-refractivity contribution in [3.63, 3.8) is 0 Å². The lowest BCUT2D eigenvalue weighted by Gasteiger charge is -2.27. The van der Waals surface area contributed by atoms with Crippen molar-refractivity contribution in [2.24, 2.45) is 5.92 Å². The van der Waals surface area contributed by atoms with Crippen molar-refractivity contribution >= 4 is 0 Å². The standard InChI is InChI=1S/C17H25FO/c1-3-14-5-4-9-17(19,10-8-14)12-15-11-16(18)7-6-13(15)2/h6-7,11,14,19H,3-5,8-10,12H2,1-2H3. The van der Waals surface area contributed by atoms with Gasteiger partial charge >= 0.3 is 0 Å². The number of halogens is 1. The van der Waals surface area contributed by atoms with E-state index in [-0.39, 0.29) is 5.82 Å². The zero-order valence-electron chi connectivity index (χ0n) is 12.1. The van der Waals surface area contributed by atoms with Gasteiger partial charge in [0.05, 0.1) is 5.60 Å². The SMILES string of the molecule is CCC1CCCC(O)(Cc2cc(F)ccc2C)CC1. The summed E-state index contributed by atoms with van der Waals surface area (Å²) in [6.45, 7) is 4.22. The van der Waals surface area contributed by atoms with Crippen LogP contribution < -0.4 is 0 Å². The second kappa shape index (κ2) is 6.04. The van der Waals surface area contributed by atoms with Crippen LogP contribution in [-0.4, -0.2) is 10.7 Å². The summed E-state index contributed by atoms with van der Waals surface area (Å²) < 4.78 is 13.3. The van der Waals surface area contributed by atoms with Gasteiger partial charge in [0.15, 0.2) is 0 Å². The van der Waals surface area contributed by atoms with Gasteiger partial charge in [0, 0.05) is 6.42 Å². The molecule has 0 heterocycles. The molecule has 0 saturated heterocycles. The van der Waals surface area contributed by atoms with Crippen LogP contribution in [0.3, 0.4) is 0 Å². The van der Waals surface area contributed by atoms with Crippen LogP contribution in [0.25, 0.3) is 0 Å². The molecule has 0 bridgehead atoms. The molecule has 1 N–H and O–H groups in total. The highest BCUT2D eigenvalue weighted by atomic mass is 19.1. The monoisotopic (exact) mass is 264 g/mol. The van der Waals surface area contributed by atoms with E-state index >= 15 is 0 Å². The predicted molar refractivity (Wildman–Crippen MR) is 76.7 cm³/mol. The number of hydrogen-bond acceptors (Lipinski definition) is 1. The molecule has 0 aromatic heterocycles. The summed E-state index contributed by atoms with van der Waals surface area (Å²) in [5.41, 5.74) is 1.39. The van der Waals surface area contributed by atoms with E-state index in [2.05, 4.69) is 6.92 Å². The van der Waals surface area contributed by atoms with E-state index in [9.17, 15) is 9.50 Å². The molecule has 19 heavy (non-hydrogen) atoms. The highest BCUT2D eigenvalue weighted by Crippen LogP contribution is 2.34. The molecule has 0 amide bonds. The van der Waals surface area contributed by atoms with Crippen LogP contribution >= 0.6 is 0 Å². The Balaban J connectivity index is 2.10. The van der Waals surface area contributed by atoms with Crippen LogP contribution in [-0.2, 0) is 6.42 Å². The first-order chi connectivity index (χ1) is 9.02. The Hall–Kier alpha value is -0.890. The molecule has 1 aromatic rings. The van der Waals surface area contributed by atoms with Gasteiger partial charge in [-0.25, -0.2) is 4.39 Å². The molecule has 0 spiro atoms. The molecule has 2 heteroatoms. The summed E-state index contributed by atoms with van der Waals surface area (Å²) in [7, 11) is 0. The number of benzene rings is 1. The first kappa shape index (κ1) is 14.5. The summed E-state index contributed by atoms with van der Waals surface area (Å²) in [6.07, 6.45) is 6.90. The summed E-state index contributed by atoms with van der Waals surface area (Å²) >= 11 is 0. The molecule has 1 saturated carbocycles. The van der Waals surface area contributed by atoms with Crippen molar-refractivity contribution in [3.05, 3.63) is 35.1 Å². The second-order valence-corrected chi connectivity index (χ2v) is 6.18. The number of aliphatic hydroxyl groups is 1. The first-order valence-corrected chi connectivity index (χ1v) is 7.50. The minimum Gasteiger partial charge on any atom is -0.390 e. The van der Waals surface area contributed by atoms with E-state index in [1.807, 2.05) is 6.92 Å². The molecule has 2 atom stereocenters. The zero-order chi connectivity index (χ0) is 13.9. The Morgan fingerprint density at radius 2 is 2.11 bits per heavy atom. The van der Waals surface area contributed by atoms with E-state index in [0.29, 0.717) is 6.42 Å². The van der Waals surface area contributed by atoms with E-state index in [1.54, 1.807) is 12.1 Å². The molecule has 1 aromatic carbocycles. The molecule has 106 valence electrons. The predicted octanol–water partition coefficient (Wildman–Crippen LogP) is 4.40. The van der Waals surface area contributed by atoms with Gasteiger partial charge in [-0.2, -0.15) is 0 Å². The number of hydrogen-bond donors (Lipinski definition) is 1. The summed E-state index contributed by atoms with van der Waals surface area (Å²) in [5.74, 6) is 0.548. The summed E-state index contributed by atoms with van der Waals surface area (Å²) in [6, 6.07) is 4.87. The highest BCUT2D eigenvalue weighted by Gasteiger charge is 2.31. The molecule has 1 fully saturated rings. The van der Waals surface area contributed by atoms with E-state index < -0.39 is 5.60 Å². The van der Waals surface area contributed by atoms with Crippen LogP contribution in [0.5, 0.6) is 0 Å². The van der Waals surface area contributed by atoms with Crippen LogP contribution in [0.15, 0.2) is 18.2 Å². The molecular weight excluding hydrogens is 239 g/mol. The second-order valence-electron chi connectivity index (χ2n) is 6.18. The van der Waals surface area contributed by atoms with Crippen LogP contribution in [0.1, 0.15) is 56.6 Å². The Morgan fingerprint density at radius 1 is 1.32 bits per heavy atom. The lowest BCUT2D eigenvalue weighted by atomic mass is 9.85. The normalized spacial score (nSPS) is 28.1. The highest BCUT2D eigenvalue weighted by molar-refractivity contribution is 5.28. The fourth-order valence-corrected chi connectivity index (χ4v) is 3.23. The van der Waals surface area contributed by atoms with Gasteiger partial charge in [-0.3, -0.25) is 0 Å².